The molecule has 2 radical (unpaired) electrons. The lowest BCUT2D eigenvalue weighted by Crippen LogP contribution is -2.06. The SMILES string of the molecule is [B]C(C)(CC)CCCCC(C)C. The lowest BCUT2D eigenvalue weighted by Gasteiger charge is -2.22. The fourth-order valence-corrected chi connectivity index (χ4v) is 1.26. The van der Waals surface area contributed by atoms with Crippen molar-refractivity contribution in [3.05, 3.63) is 0 Å². The molecule has 0 amide bonds. The highest BCUT2D eigenvalue weighted by atomic mass is 14.1. The highest BCUT2D eigenvalue weighted by Gasteiger charge is 2.13. The molecule has 0 N–H and O–H groups in total. The van der Waals surface area contributed by atoms with Gasteiger partial charge in [-0.1, -0.05) is 65.1 Å². The van der Waals surface area contributed by atoms with Crippen LogP contribution in [0.25, 0.3) is 0 Å². The van der Waals surface area contributed by atoms with E-state index in [9.17, 15) is 0 Å². The highest BCUT2D eigenvalue weighted by molar-refractivity contribution is 6.14. The van der Waals surface area contributed by atoms with Crippen LogP contribution in [0.3, 0.4) is 0 Å². The van der Waals surface area contributed by atoms with Gasteiger partial charge in [-0.25, -0.2) is 0 Å². The maximum Gasteiger partial charge on any atom is 0.0742 e. The van der Waals surface area contributed by atoms with Crippen molar-refractivity contribution in [3.8, 4) is 0 Å². The molecule has 0 aliphatic heterocycles. The third kappa shape index (κ3) is 6.76. The summed E-state index contributed by atoms with van der Waals surface area (Å²) in [6.07, 6.45) is 6.24. The Morgan fingerprint density at radius 2 is 1.83 bits per heavy atom. The van der Waals surface area contributed by atoms with E-state index in [1.165, 1.54) is 25.7 Å². The average molecular weight is 166 g/mol. The van der Waals surface area contributed by atoms with Crippen LogP contribution >= 0.6 is 0 Å². The van der Waals surface area contributed by atoms with Crippen LogP contribution in [0.2, 0.25) is 5.31 Å². The number of hydrogen-bond donors (Lipinski definition) is 0. The lowest BCUT2D eigenvalue weighted by atomic mass is 9.65. The topological polar surface area (TPSA) is 0 Å². The molecule has 0 nitrogen and oxygen atoms in total. The highest BCUT2D eigenvalue weighted by Crippen LogP contribution is 2.31. The first kappa shape index (κ1) is 12.1. The van der Waals surface area contributed by atoms with Gasteiger partial charge in [0.15, 0.2) is 0 Å². The molecule has 0 aromatic carbocycles. The maximum atomic E-state index is 6.03. The molecule has 1 heteroatoms. The Morgan fingerprint density at radius 3 is 2.25 bits per heavy atom. The van der Waals surface area contributed by atoms with Gasteiger partial charge in [-0.15, -0.1) is 0 Å². The van der Waals surface area contributed by atoms with E-state index in [-0.39, 0.29) is 5.31 Å². The molecular weight excluding hydrogens is 143 g/mol. The van der Waals surface area contributed by atoms with Crippen molar-refractivity contribution in [1.29, 1.82) is 0 Å². The lowest BCUT2D eigenvalue weighted by molar-refractivity contribution is 0.469. The van der Waals surface area contributed by atoms with Crippen molar-refractivity contribution in [3.63, 3.8) is 0 Å². The molecular formula is C11H23B. The normalized spacial score (nSPS) is 16.4. The molecule has 0 aliphatic rings. The first-order valence-corrected chi connectivity index (χ1v) is 5.27. The summed E-state index contributed by atoms with van der Waals surface area (Å²) in [5, 5.41) is 0.0803. The molecule has 1 atom stereocenters. The smallest absolute Gasteiger partial charge is 0.0691 e. The molecule has 0 heterocycles. The minimum atomic E-state index is 0.0803. The van der Waals surface area contributed by atoms with Gasteiger partial charge in [-0.3, -0.25) is 0 Å². The Balaban J connectivity index is 3.31. The Bertz CT molecular complexity index is 106. The van der Waals surface area contributed by atoms with E-state index < -0.39 is 0 Å². The molecule has 0 bridgehead atoms. The van der Waals surface area contributed by atoms with E-state index in [1.54, 1.807) is 0 Å². The van der Waals surface area contributed by atoms with Gasteiger partial charge >= 0.3 is 0 Å². The third-order valence-electron chi connectivity index (χ3n) is 2.59. The van der Waals surface area contributed by atoms with E-state index in [2.05, 4.69) is 27.7 Å². The summed E-state index contributed by atoms with van der Waals surface area (Å²) in [6.45, 7) is 8.88. The summed E-state index contributed by atoms with van der Waals surface area (Å²) in [4.78, 5) is 0. The van der Waals surface area contributed by atoms with E-state index >= 15 is 0 Å². The van der Waals surface area contributed by atoms with Crippen molar-refractivity contribution < 1.29 is 0 Å². The predicted molar refractivity (Wildman–Crippen MR) is 57.7 cm³/mol. The quantitative estimate of drug-likeness (QED) is 0.413. The Hall–Kier alpha value is 0.0649. The largest absolute Gasteiger partial charge is 0.0742 e. The predicted octanol–water partition coefficient (Wildman–Crippen LogP) is 3.96. The van der Waals surface area contributed by atoms with Gasteiger partial charge in [-0.05, 0) is 5.92 Å². The van der Waals surface area contributed by atoms with Crippen molar-refractivity contribution in [2.45, 2.75) is 65.1 Å². The second-order valence-electron chi connectivity index (χ2n) is 4.65. The summed E-state index contributed by atoms with van der Waals surface area (Å²) in [7, 11) is 6.03. The molecule has 0 fully saturated rings. The van der Waals surface area contributed by atoms with Crippen LogP contribution in [0.5, 0.6) is 0 Å². The van der Waals surface area contributed by atoms with Gasteiger partial charge < -0.3 is 0 Å². The fraction of sp³-hybridized carbons (Fsp3) is 1.00. The standard InChI is InChI=1S/C11H23B/c1-5-11(4,12)9-7-6-8-10(2)3/h10H,5-9H2,1-4H3. The number of rotatable bonds is 6. The van der Waals surface area contributed by atoms with Crippen LogP contribution in [0.15, 0.2) is 0 Å². The summed E-state index contributed by atoms with van der Waals surface area (Å²) >= 11 is 0. The molecule has 12 heavy (non-hydrogen) atoms. The zero-order chi connectivity index (χ0) is 9.61. The van der Waals surface area contributed by atoms with Crippen molar-refractivity contribution in [2.24, 2.45) is 5.92 Å². The molecule has 70 valence electrons. The molecule has 0 aromatic heterocycles. The number of unbranched alkanes of at least 4 members (excludes halogenated alkanes) is 1. The molecule has 0 aromatic rings. The van der Waals surface area contributed by atoms with Crippen LogP contribution < -0.4 is 0 Å². The van der Waals surface area contributed by atoms with Gasteiger partial charge in [0.1, 0.15) is 0 Å². The van der Waals surface area contributed by atoms with E-state index in [0.29, 0.717) is 0 Å². The van der Waals surface area contributed by atoms with Crippen LogP contribution in [0, 0.1) is 5.92 Å². The van der Waals surface area contributed by atoms with E-state index in [4.69, 9.17) is 7.85 Å². The molecule has 0 spiro atoms. The van der Waals surface area contributed by atoms with Crippen LogP contribution in [0.1, 0.15) is 59.8 Å². The first-order valence-electron chi connectivity index (χ1n) is 5.27. The molecule has 0 saturated heterocycles. The third-order valence-corrected chi connectivity index (χ3v) is 2.59. The monoisotopic (exact) mass is 166 g/mol. The van der Waals surface area contributed by atoms with Crippen LogP contribution in [-0.4, -0.2) is 7.85 Å². The second kappa shape index (κ2) is 5.67. The van der Waals surface area contributed by atoms with Crippen molar-refractivity contribution in [1.82, 2.24) is 0 Å². The Labute approximate surface area is 79.5 Å². The van der Waals surface area contributed by atoms with Gasteiger partial charge in [0.2, 0.25) is 0 Å². The average Bonchev–Trinajstić information content (AvgIpc) is 1.98. The molecule has 0 saturated carbocycles. The van der Waals surface area contributed by atoms with E-state index in [1.807, 2.05) is 0 Å². The van der Waals surface area contributed by atoms with Crippen molar-refractivity contribution in [2.75, 3.05) is 0 Å². The van der Waals surface area contributed by atoms with E-state index in [0.717, 1.165) is 12.3 Å². The van der Waals surface area contributed by atoms with Crippen LogP contribution in [0.4, 0.5) is 0 Å². The molecule has 0 aliphatic carbocycles. The Morgan fingerprint density at radius 1 is 1.25 bits per heavy atom. The van der Waals surface area contributed by atoms with Crippen molar-refractivity contribution >= 4 is 7.85 Å². The number of hydrogen-bond acceptors (Lipinski definition) is 0. The van der Waals surface area contributed by atoms with Crippen LogP contribution in [-0.2, 0) is 0 Å². The second-order valence-corrected chi connectivity index (χ2v) is 4.65. The minimum Gasteiger partial charge on any atom is -0.0691 e. The summed E-state index contributed by atoms with van der Waals surface area (Å²) in [5.74, 6) is 0.843. The summed E-state index contributed by atoms with van der Waals surface area (Å²) in [5.41, 5.74) is 0. The zero-order valence-corrected chi connectivity index (χ0v) is 9.19. The zero-order valence-electron chi connectivity index (χ0n) is 9.19. The van der Waals surface area contributed by atoms with Gasteiger partial charge in [0.05, 0.1) is 7.85 Å². The Kier molecular flexibility index (Phi) is 5.70. The van der Waals surface area contributed by atoms with Gasteiger partial charge in [0, 0.05) is 0 Å². The minimum absolute atomic E-state index is 0.0803. The van der Waals surface area contributed by atoms with Gasteiger partial charge in [0.25, 0.3) is 0 Å². The maximum absolute atomic E-state index is 6.03. The molecule has 0 rings (SSSR count). The summed E-state index contributed by atoms with van der Waals surface area (Å²) < 4.78 is 0. The first-order chi connectivity index (χ1) is 5.48. The summed E-state index contributed by atoms with van der Waals surface area (Å²) in [6, 6.07) is 0. The molecule has 1 unspecified atom stereocenters. The fourth-order valence-electron chi connectivity index (χ4n) is 1.26. The van der Waals surface area contributed by atoms with Gasteiger partial charge in [-0.2, -0.15) is 0 Å².